The minimum absolute atomic E-state index is 0.000868. The number of nitrogens with one attached hydrogen (secondary N) is 1. The van der Waals surface area contributed by atoms with Gasteiger partial charge in [-0.1, -0.05) is 54.6 Å². The number of esters is 1. The van der Waals surface area contributed by atoms with E-state index in [9.17, 15) is 19.7 Å². The fraction of sp³-hybridized carbons (Fsp3) is 0.206. The molecule has 1 amide bonds. The van der Waals surface area contributed by atoms with Crippen molar-refractivity contribution in [2.75, 3.05) is 0 Å². The third kappa shape index (κ3) is 6.86. The molecule has 0 saturated heterocycles. The van der Waals surface area contributed by atoms with E-state index in [1.54, 1.807) is 30.3 Å². The highest BCUT2D eigenvalue weighted by atomic mass is 79.9. The predicted molar refractivity (Wildman–Crippen MR) is 173 cm³/mol. The van der Waals surface area contributed by atoms with Crippen LogP contribution in [0.1, 0.15) is 65.6 Å². The van der Waals surface area contributed by atoms with Crippen molar-refractivity contribution in [2.45, 2.75) is 45.9 Å². The molecule has 0 fully saturated rings. The number of fused-ring (bicyclic) bond motifs is 1. The van der Waals surface area contributed by atoms with Crippen molar-refractivity contribution in [1.82, 2.24) is 15.1 Å². The maximum atomic E-state index is 13.0. The molecule has 0 unspecified atom stereocenters. The van der Waals surface area contributed by atoms with Crippen LogP contribution in [0.25, 0.3) is 22.0 Å². The number of ether oxygens (including phenoxy) is 1. The Labute approximate surface area is 263 Å². The van der Waals surface area contributed by atoms with Crippen LogP contribution in [0.3, 0.4) is 0 Å². The average Bonchev–Trinajstić information content (AvgIpc) is 3.30. The van der Waals surface area contributed by atoms with Crippen LogP contribution < -0.4 is 5.32 Å². The highest BCUT2D eigenvalue weighted by Crippen LogP contribution is 2.28. The highest BCUT2D eigenvalue weighted by molar-refractivity contribution is 9.10. The van der Waals surface area contributed by atoms with E-state index in [1.807, 2.05) is 80.9 Å². The lowest BCUT2D eigenvalue weighted by Crippen LogP contribution is -2.26. The van der Waals surface area contributed by atoms with Gasteiger partial charge in [0, 0.05) is 23.1 Å². The van der Waals surface area contributed by atoms with Crippen molar-refractivity contribution >= 4 is 44.4 Å². The number of carbonyl (C=O) groups excluding carboxylic acids is 2. The van der Waals surface area contributed by atoms with Gasteiger partial charge in [0.1, 0.15) is 10.2 Å². The molecular weight excluding hydrogens is 624 g/mol. The van der Waals surface area contributed by atoms with E-state index >= 15 is 0 Å². The first-order valence-corrected chi connectivity index (χ1v) is 14.8. The number of nitro groups is 1. The first kappa shape index (κ1) is 30.6. The largest absolute Gasteiger partial charge is 0.456 e. The molecule has 1 atom stereocenters. The SMILES string of the molecule is C[C@H](NC(=O)c1ccc2c(c1)c(Br)nn2Cc1ccc(-c2ccccc2C(=O)OC(C)(C)C)cc1)c1ccc([N+](=O)[O-])cc1. The normalized spacial score (nSPS) is 12.1. The summed E-state index contributed by atoms with van der Waals surface area (Å²) in [6.45, 7) is 7.87. The summed E-state index contributed by atoms with van der Waals surface area (Å²) in [5.74, 6) is -0.626. The average molecular weight is 656 g/mol. The molecule has 0 radical (unpaired) electrons. The Morgan fingerprint density at radius 2 is 1.68 bits per heavy atom. The second kappa shape index (κ2) is 12.4. The summed E-state index contributed by atoms with van der Waals surface area (Å²) >= 11 is 3.54. The van der Waals surface area contributed by atoms with Gasteiger partial charge in [-0.15, -0.1) is 0 Å². The Morgan fingerprint density at radius 1 is 1.00 bits per heavy atom. The predicted octanol–water partition coefficient (Wildman–Crippen LogP) is 7.87. The summed E-state index contributed by atoms with van der Waals surface area (Å²) in [5.41, 5.74) is 4.73. The zero-order chi connectivity index (χ0) is 31.6. The molecule has 1 N–H and O–H groups in total. The number of nitrogens with zero attached hydrogens (tertiary/aromatic N) is 3. The Kier molecular flexibility index (Phi) is 8.64. The molecule has 0 aliphatic rings. The fourth-order valence-corrected chi connectivity index (χ4v) is 5.37. The van der Waals surface area contributed by atoms with Crippen LogP contribution in [0.2, 0.25) is 0 Å². The summed E-state index contributed by atoms with van der Waals surface area (Å²) < 4.78 is 8.09. The first-order chi connectivity index (χ1) is 20.9. The van der Waals surface area contributed by atoms with Crippen molar-refractivity contribution in [1.29, 1.82) is 0 Å². The molecule has 1 heterocycles. The van der Waals surface area contributed by atoms with E-state index in [-0.39, 0.29) is 23.6 Å². The topological polar surface area (TPSA) is 116 Å². The van der Waals surface area contributed by atoms with Crippen LogP contribution in [0.15, 0.2) is 95.6 Å². The van der Waals surface area contributed by atoms with E-state index in [1.165, 1.54) is 12.1 Å². The molecule has 1 aromatic heterocycles. The smallest absolute Gasteiger partial charge is 0.339 e. The summed E-state index contributed by atoms with van der Waals surface area (Å²) in [6.07, 6.45) is 0. The zero-order valence-electron chi connectivity index (χ0n) is 24.7. The second-order valence-electron chi connectivity index (χ2n) is 11.5. The van der Waals surface area contributed by atoms with Crippen molar-refractivity contribution in [3.05, 3.63) is 128 Å². The Balaban J connectivity index is 1.31. The Bertz CT molecular complexity index is 1860. The van der Waals surface area contributed by atoms with Gasteiger partial charge in [-0.25, -0.2) is 4.79 Å². The number of carbonyl (C=O) groups is 2. The van der Waals surface area contributed by atoms with Crippen LogP contribution in [-0.2, 0) is 11.3 Å². The van der Waals surface area contributed by atoms with Gasteiger partial charge in [-0.2, -0.15) is 5.10 Å². The number of nitro benzene ring substituents is 1. The number of non-ortho nitro benzene ring substituents is 1. The van der Waals surface area contributed by atoms with E-state index in [0.717, 1.165) is 33.2 Å². The van der Waals surface area contributed by atoms with Gasteiger partial charge in [-0.05, 0) is 90.1 Å². The monoisotopic (exact) mass is 654 g/mol. The molecule has 5 aromatic rings. The van der Waals surface area contributed by atoms with Crippen molar-refractivity contribution in [3.8, 4) is 11.1 Å². The van der Waals surface area contributed by atoms with Crippen LogP contribution >= 0.6 is 15.9 Å². The molecule has 0 saturated carbocycles. The maximum absolute atomic E-state index is 13.0. The molecule has 9 nitrogen and oxygen atoms in total. The van der Waals surface area contributed by atoms with Gasteiger partial charge in [0.2, 0.25) is 0 Å². The molecule has 10 heteroatoms. The second-order valence-corrected chi connectivity index (χ2v) is 12.2. The number of rotatable bonds is 8. The third-order valence-electron chi connectivity index (χ3n) is 7.06. The third-order valence-corrected chi connectivity index (χ3v) is 7.65. The molecule has 0 aliphatic carbocycles. The van der Waals surface area contributed by atoms with E-state index in [2.05, 4.69) is 26.3 Å². The molecule has 0 aliphatic heterocycles. The number of aromatic nitrogens is 2. The molecule has 0 bridgehead atoms. The minimum Gasteiger partial charge on any atom is -0.456 e. The van der Waals surface area contributed by atoms with Gasteiger partial charge in [0.25, 0.3) is 11.6 Å². The van der Waals surface area contributed by atoms with Crippen LogP contribution in [0.4, 0.5) is 5.69 Å². The first-order valence-electron chi connectivity index (χ1n) is 14.0. The summed E-state index contributed by atoms with van der Waals surface area (Å²) in [5, 5.41) is 19.3. The molecule has 5 rings (SSSR count). The highest BCUT2D eigenvalue weighted by Gasteiger charge is 2.21. The fourth-order valence-electron chi connectivity index (χ4n) is 4.86. The van der Waals surface area contributed by atoms with Crippen molar-refractivity contribution < 1.29 is 19.2 Å². The zero-order valence-corrected chi connectivity index (χ0v) is 26.3. The van der Waals surface area contributed by atoms with Crippen molar-refractivity contribution in [3.63, 3.8) is 0 Å². The Morgan fingerprint density at radius 3 is 2.34 bits per heavy atom. The minimum atomic E-state index is -0.590. The lowest BCUT2D eigenvalue weighted by atomic mass is 9.98. The molecular formula is C34H31BrN4O5. The van der Waals surface area contributed by atoms with E-state index in [4.69, 9.17) is 4.74 Å². The van der Waals surface area contributed by atoms with E-state index < -0.39 is 10.5 Å². The van der Waals surface area contributed by atoms with Crippen molar-refractivity contribution in [2.24, 2.45) is 0 Å². The van der Waals surface area contributed by atoms with Gasteiger partial charge in [0.05, 0.1) is 28.6 Å². The van der Waals surface area contributed by atoms with Crippen LogP contribution in [-0.4, -0.2) is 32.2 Å². The maximum Gasteiger partial charge on any atom is 0.339 e. The lowest BCUT2D eigenvalue weighted by molar-refractivity contribution is -0.384. The molecule has 0 spiro atoms. The van der Waals surface area contributed by atoms with Gasteiger partial charge >= 0.3 is 5.97 Å². The van der Waals surface area contributed by atoms with Gasteiger partial charge in [-0.3, -0.25) is 19.6 Å². The van der Waals surface area contributed by atoms with Gasteiger partial charge < -0.3 is 10.1 Å². The van der Waals surface area contributed by atoms with Crippen LogP contribution in [0.5, 0.6) is 0 Å². The summed E-state index contributed by atoms with van der Waals surface area (Å²) in [7, 11) is 0. The van der Waals surface area contributed by atoms with Gasteiger partial charge in [0.15, 0.2) is 0 Å². The Hall–Kier alpha value is -4.83. The molecule has 224 valence electrons. The summed E-state index contributed by atoms with van der Waals surface area (Å²) in [6, 6.07) is 26.6. The molecule has 44 heavy (non-hydrogen) atoms. The summed E-state index contributed by atoms with van der Waals surface area (Å²) in [4.78, 5) is 36.3. The molecule has 4 aromatic carbocycles. The van der Waals surface area contributed by atoms with E-state index in [0.29, 0.717) is 22.3 Å². The lowest BCUT2D eigenvalue weighted by Gasteiger charge is -2.20. The number of amides is 1. The number of hydrogen-bond acceptors (Lipinski definition) is 6. The number of hydrogen-bond donors (Lipinski definition) is 1. The number of benzene rings is 4. The van der Waals surface area contributed by atoms with Crippen LogP contribution in [0, 0.1) is 10.1 Å². The number of halogens is 1. The quantitative estimate of drug-likeness (QED) is 0.103. The standard InChI is InChI=1S/C34H31BrN4O5/c1-21(23-13-16-26(17-14-23)39(42)43)36-32(40)25-15-18-30-29(19-25)31(35)37-38(30)20-22-9-11-24(12-10-22)27-7-5-6-8-28(27)33(41)44-34(2,3)4/h5-19,21H,20H2,1-4H3,(H,36,40)/t21-/m0/s1.